The van der Waals surface area contributed by atoms with E-state index in [2.05, 4.69) is 31.4 Å². The van der Waals surface area contributed by atoms with Crippen molar-refractivity contribution in [1.82, 2.24) is 5.32 Å². The molecule has 0 aliphatic rings. The molecule has 0 saturated heterocycles. The highest BCUT2D eigenvalue weighted by atomic mass is 32.1. The number of ether oxygens (including phenoxy) is 2. The number of carbonyl (C=O) groups is 1. The number of rotatable bonds is 9. The van der Waals surface area contributed by atoms with Crippen molar-refractivity contribution < 1.29 is 14.3 Å². The third kappa shape index (κ3) is 7.56. The summed E-state index contributed by atoms with van der Waals surface area (Å²) in [5, 5.41) is 5.93. The lowest BCUT2D eigenvalue weighted by molar-refractivity contribution is 0.0977. The highest BCUT2D eigenvalue weighted by molar-refractivity contribution is 7.80. The second-order valence-electron chi connectivity index (χ2n) is 6.87. The molecule has 0 aliphatic carbocycles. The van der Waals surface area contributed by atoms with Gasteiger partial charge < -0.3 is 14.8 Å². The molecule has 2 aromatic rings. The Bertz CT molecular complexity index is 776. The summed E-state index contributed by atoms with van der Waals surface area (Å²) < 4.78 is 11.3. The van der Waals surface area contributed by atoms with Gasteiger partial charge in [0.15, 0.2) is 5.11 Å². The van der Waals surface area contributed by atoms with Gasteiger partial charge in [0.25, 0.3) is 5.91 Å². The van der Waals surface area contributed by atoms with Crippen LogP contribution in [0.25, 0.3) is 0 Å². The fraction of sp³-hybridized carbons (Fsp3) is 0.364. The van der Waals surface area contributed by atoms with Gasteiger partial charge in [0.2, 0.25) is 0 Å². The third-order valence-corrected chi connectivity index (χ3v) is 3.99. The lowest BCUT2D eigenvalue weighted by atomic mass is 10.2. The number of amides is 1. The Kier molecular flexibility index (Phi) is 8.75. The first kappa shape index (κ1) is 21.7. The van der Waals surface area contributed by atoms with Crippen LogP contribution in [0.2, 0.25) is 0 Å². The SMILES string of the molecule is CCCCOc1cccc(C(=O)NC(=S)Nc2ccc(OCC(C)C)cc2)c1. The van der Waals surface area contributed by atoms with Gasteiger partial charge in [-0.25, -0.2) is 0 Å². The van der Waals surface area contributed by atoms with Gasteiger partial charge in [0.1, 0.15) is 11.5 Å². The van der Waals surface area contributed by atoms with Gasteiger partial charge in [0.05, 0.1) is 13.2 Å². The van der Waals surface area contributed by atoms with E-state index in [1.807, 2.05) is 30.3 Å². The molecule has 0 saturated carbocycles. The number of thiocarbonyl (C=S) groups is 1. The van der Waals surface area contributed by atoms with E-state index in [0.717, 1.165) is 24.3 Å². The lowest BCUT2D eigenvalue weighted by Crippen LogP contribution is -2.34. The highest BCUT2D eigenvalue weighted by Crippen LogP contribution is 2.17. The molecule has 0 aromatic heterocycles. The molecular weight excluding hydrogens is 372 g/mol. The molecule has 0 radical (unpaired) electrons. The van der Waals surface area contributed by atoms with E-state index in [0.29, 0.717) is 30.4 Å². The molecule has 0 aliphatic heterocycles. The van der Waals surface area contributed by atoms with E-state index in [1.54, 1.807) is 18.2 Å². The van der Waals surface area contributed by atoms with Crippen LogP contribution in [0.4, 0.5) is 5.69 Å². The summed E-state index contributed by atoms with van der Waals surface area (Å²) in [6, 6.07) is 14.5. The standard InChI is InChI=1S/C22H28N2O3S/c1-4-5-13-26-20-8-6-7-17(14-20)21(25)24-22(28)23-18-9-11-19(12-10-18)27-15-16(2)3/h6-12,14,16H,4-5,13,15H2,1-3H3,(H2,23,24,25,28). The molecule has 0 unspecified atom stereocenters. The van der Waals surface area contributed by atoms with Gasteiger partial charge in [-0.3, -0.25) is 10.1 Å². The van der Waals surface area contributed by atoms with E-state index < -0.39 is 0 Å². The molecule has 1 amide bonds. The monoisotopic (exact) mass is 400 g/mol. The van der Waals surface area contributed by atoms with E-state index in [4.69, 9.17) is 21.7 Å². The number of benzene rings is 2. The molecule has 28 heavy (non-hydrogen) atoms. The normalized spacial score (nSPS) is 10.4. The van der Waals surface area contributed by atoms with Gasteiger partial charge >= 0.3 is 0 Å². The Hall–Kier alpha value is -2.60. The van der Waals surface area contributed by atoms with Gasteiger partial charge in [-0.15, -0.1) is 0 Å². The van der Waals surface area contributed by atoms with Gasteiger partial charge in [-0.2, -0.15) is 0 Å². The van der Waals surface area contributed by atoms with Gasteiger partial charge in [0, 0.05) is 11.3 Å². The van der Waals surface area contributed by atoms with Crippen molar-refractivity contribution in [2.75, 3.05) is 18.5 Å². The molecule has 2 N–H and O–H groups in total. The number of nitrogens with one attached hydrogen (secondary N) is 2. The minimum Gasteiger partial charge on any atom is -0.494 e. The average Bonchev–Trinajstić information content (AvgIpc) is 2.68. The topological polar surface area (TPSA) is 59.6 Å². The smallest absolute Gasteiger partial charge is 0.257 e. The number of unbranched alkanes of at least 4 members (excludes halogenated alkanes) is 1. The molecule has 6 heteroatoms. The quantitative estimate of drug-likeness (QED) is 0.457. The Balaban J connectivity index is 1.87. The van der Waals surface area contributed by atoms with Crippen LogP contribution < -0.4 is 20.1 Å². The Morgan fingerprint density at radius 3 is 2.50 bits per heavy atom. The zero-order chi connectivity index (χ0) is 20.4. The zero-order valence-corrected chi connectivity index (χ0v) is 17.5. The van der Waals surface area contributed by atoms with Crippen LogP contribution in [-0.4, -0.2) is 24.2 Å². The number of carbonyl (C=O) groups excluding carboxylic acids is 1. The van der Waals surface area contributed by atoms with Crippen LogP contribution in [0.5, 0.6) is 11.5 Å². The molecule has 0 spiro atoms. The van der Waals surface area contributed by atoms with E-state index in [9.17, 15) is 4.79 Å². The minimum atomic E-state index is -0.282. The molecular formula is C22H28N2O3S. The van der Waals surface area contributed by atoms with Gasteiger partial charge in [-0.1, -0.05) is 33.3 Å². The van der Waals surface area contributed by atoms with Crippen LogP contribution in [0.1, 0.15) is 44.0 Å². The van der Waals surface area contributed by atoms with E-state index in [-0.39, 0.29) is 11.0 Å². The zero-order valence-electron chi connectivity index (χ0n) is 16.7. The van der Waals surface area contributed by atoms with Crippen molar-refractivity contribution >= 4 is 28.9 Å². The second-order valence-corrected chi connectivity index (χ2v) is 7.28. The largest absolute Gasteiger partial charge is 0.494 e. The molecule has 2 aromatic carbocycles. The predicted octanol–water partition coefficient (Wildman–Crippen LogP) is 5.03. The van der Waals surface area contributed by atoms with E-state index in [1.165, 1.54) is 0 Å². The maximum atomic E-state index is 12.4. The first-order valence-corrected chi connectivity index (χ1v) is 9.96. The maximum Gasteiger partial charge on any atom is 0.257 e. The Morgan fingerprint density at radius 2 is 1.82 bits per heavy atom. The van der Waals surface area contributed by atoms with Crippen molar-refractivity contribution in [2.24, 2.45) is 5.92 Å². The van der Waals surface area contributed by atoms with Crippen LogP contribution in [-0.2, 0) is 0 Å². The average molecular weight is 401 g/mol. The molecule has 0 atom stereocenters. The molecule has 5 nitrogen and oxygen atoms in total. The summed E-state index contributed by atoms with van der Waals surface area (Å²) in [4.78, 5) is 12.4. The molecule has 2 rings (SSSR count). The lowest BCUT2D eigenvalue weighted by Gasteiger charge is -2.12. The fourth-order valence-corrected chi connectivity index (χ4v) is 2.51. The first-order valence-electron chi connectivity index (χ1n) is 9.56. The van der Waals surface area contributed by atoms with Gasteiger partial charge in [-0.05, 0) is 67.0 Å². The van der Waals surface area contributed by atoms with Crippen molar-refractivity contribution in [3.8, 4) is 11.5 Å². The second kappa shape index (κ2) is 11.3. The van der Waals surface area contributed by atoms with Crippen LogP contribution in [0, 0.1) is 5.92 Å². The van der Waals surface area contributed by atoms with Crippen molar-refractivity contribution in [3.63, 3.8) is 0 Å². The summed E-state index contributed by atoms with van der Waals surface area (Å²) in [6.07, 6.45) is 2.04. The molecule has 0 bridgehead atoms. The number of anilines is 1. The summed E-state index contributed by atoms with van der Waals surface area (Å²) in [5.74, 6) is 1.66. The summed E-state index contributed by atoms with van der Waals surface area (Å²) in [6.45, 7) is 7.61. The number of hydrogen-bond acceptors (Lipinski definition) is 4. The molecule has 150 valence electrons. The number of hydrogen-bond donors (Lipinski definition) is 2. The van der Waals surface area contributed by atoms with Crippen molar-refractivity contribution in [3.05, 3.63) is 54.1 Å². The maximum absolute atomic E-state index is 12.4. The minimum absolute atomic E-state index is 0.234. The Morgan fingerprint density at radius 1 is 1.07 bits per heavy atom. The summed E-state index contributed by atoms with van der Waals surface area (Å²) in [7, 11) is 0. The predicted molar refractivity (Wildman–Crippen MR) is 117 cm³/mol. The fourth-order valence-electron chi connectivity index (χ4n) is 2.30. The first-order chi connectivity index (χ1) is 13.5. The third-order valence-electron chi connectivity index (χ3n) is 3.79. The molecule has 0 fully saturated rings. The summed E-state index contributed by atoms with van der Waals surface area (Å²) >= 11 is 5.24. The molecule has 0 heterocycles. The van der Waals surface area contributed by atoms with Crippen molar-refractivity contribution in [2.45, 2.75) is 33.6 Å². The summed E-state index contributed by atoms with van der Waals surface area (Å²) in [5.41, 5.74) is 1.27. The Labute approximate surface area is 172 Å². The van der Waals surface area contributed by atoms with Crippen LogP contribution >= 0.6 is 12.2 Å². The van der Waals surface area contributed by atoms with Crippen LogP contribution in [0.3, 0.4) is 0 Å². The van der Waals surface area contributed by atoms with Crippen molar-refractivity contribution in [1.29, 1.82) is 0 Å². The highest BCUT2D eigenvalue weighted by Gasteiger charge is 2.09. The van der Waals surface area contributed by atoms with Crippen LogP contribution in [0.15, 0.2) is 48.5 Å². The van der Waals surface area contributed by atoms with E-state index >= 15 is 0 Å².